The van der Waals surface area contributed by atoms with Crippen molar-refractivity contribution in [3.8, 4) is 0 Å². The van der Waals surface area contributed by atoms with Gasteiger partial charge in [-0.25, -0.2) is 4.79 Å². The van der Waals surface area contributed by atoms with Gasteiger partial charge in [0.05, 0.1) is 23.9 Å². The number of nitrogens with one attached hydrogen (secondary N) is 1. The topological polar surface area (TPSA) is 133 Å². The van der Waals surface area contributed by atoms with Crippen molar-refractivity contribution in [1.29, 1.82) is 0 Å². The molecular formula is C39H65N5O8. The van der Waals surface area contributed by atoms with E-state index in [-0.39, 0.29) is 35.9 Å². The third-order valence-corrected chi connectivity index (χ3v) is 11.5. The molecule has 3 fully saturated rings. The number of nitrogens with zero attached hydrogens (tertiary/aromatic N) is 4. The SMILES string of the molecule is CO[C@]1(C)C[C@@H](C)CN(C)[C@@H](CN2CCN(C(=O)Nc3ccccc3)CC2)[C@H](C)OC(=O)C(C)(C)C(=O)[C@H](C)[C@H]1O[C@@H]1O[C@H](C)C[C@H](N(C)C)[C@H]1O. The molecule has 0 aliphatic carbocycles. The van der Waals surface area contributed by atoms with Gasteiger partial charge in [0.1, 0.15) is 17.6 Å². The molecule has 0 spiro atoms. The van der Waals surface area contributed by atoms with Crippen molar-refractivity contribution in [2.24, 2.45) is 17.3 Å². The smallest absolute Gasteiger partial charge is 0.321 e. The monoisotopic (exact) mass is 731 g/mol. The number of aliphatic hydroxyl groups is 1. The van der Waals surface area contributed by atoms with Gasteiger partial charge in [-0.05, 0) is 86.7 Å². The van der Waals surface area contributed by atoms with E-state index < -0.39 is 47.5 Å². The Morgan fingerprint density at radius 3 is 2.27 bits per heavy atom. The number of carbonyl (C=O) groups is 3. The normalized spacial score (nSPS) is 36.0. The maximum atomic E-state index is 14.4. The largest absolute Gasteiger partial charge is 0.460 e. The third kappa shape index (κ3) is 9.90. The van der Waals surface area contributed by atoms with Gasteiger partial charge >= 0.3 is 12.0 Å². The van der Waals surface area contributed by atoms with E-state index in [2.05, 4.69) is 22.0 Å². The molecule has 0 unspecified atom stereocenters. The average Bonchev–Trinajstić information content (AvgIpc) is 3.09. The molecule has 1 aromatic rings. The number of hydrogen-bond donors (Lipinski definition) is 2. The number of piperazine rings is 1. The second-order valence-electron chi connectivity index (χ2n) is 16.4. The third-order valence-electron chi connectivity index (χ3n) is 11.5. The Labute approximate surface area is 311 Å². The number of esters is 1. The van der Waals surface area contributed by atoms with Gasteiger partial charge in [0.2, 0.25) is 0 Å². The summed E-state index contributed by atoms with van der Waals surface area (Å²) in [6.45, 7) is 16.7. The first-order valence-electron chi connectivity index (χ1n) is 18.9. The molecule has 0 saturated carbocycles. The average molecular weight is 732 g/mol. The lowest BCUT2D eigenvalue weighted by molar-refractivity contribution is -0.295. The van der Waals surface area contributed by atoms with Crippen LogP contribution in [0.3, 0.4) is 0 Å². The van der Waals surface area contributed by atoms with Crippen LogP contribution in [0.5, 0.6) is 0 Å². The van der Waals surface area contributed by atoms with Crippen LogP contribution in [0, 0.1) is 17.3 Å². The summed E-state index contributed by atoms with van der Waals surface area (Å²) in [6, 6.07) is 8.92. The van der Waals surface area contributed by atoms with Crippen molar-refractivity contribution < 1.29 is 38.4 Å². The predicted octanol–water partition coefficient (Wildman–Crippen LogP) is 3.56. The van der Waals surface area contributed by atoms with Gasteiger partial charge in [-0.15, -0.1) is 0 Å². The Kier molecular flexibility index (Phi) is 14.3. The molecule has 1 aromatic carbocycles. The number of Topliss-reactive ketones (excluding diaryl/α,β-unsaturated/α-hetero) is 1. The lowest BCUT2D eigenvalue weighted by Crippen LogP contribution is -2.59. The number of carbonyl (C=O) groups excluding carboxylic acids is 3. The van der Waals surface area contributed by atoms with E-state index in [1.54, 1.807) is 27.9 Å². The van der Waals surface area contributed by atoms with Crippen LogP contribution in [0.2, 0.25) is 0 Å². The molecule has 3 aliphatic rings. The first-order valence-corrected chi connectivity index (χ1v) is 18.9. The van der Waals surface area contributed by atoms with Gasteiger partial charge in [-0.1, -0.05) is 32.0 Å². The summed E-state index contributed by atoms with van der Waals surface area (Å²) in [5.74, 6) is -1.66. The highest BCUT2D eigenvalue weighted by atomic mass is 16.7. The van der Waals surface area contributed by atoms with Crippen LogP contribution in [-0.2, 0) is 28.5 Å². The van der Waals surface area contributed by atoms with E-state index in [1.807, 2.05) is 82.0 Å². The summed E-state index contributed by atoms with van der Waals surface area (Å²) in [4.78, 5) is 49.6. The second kappa shape index (κ2) is 17.7. The van der Waals surface area contributed by atoms with Gasteiger partial charge in [0.15, 0.2) is 12.1 Å². The number of ether oxygens (including phenoxy) is 4. The van der Waals surface area contributed by atoms with Gasteiger partial charge < -0.3 is 39.2 Å². The summed E-state index contributed by atoms with van der Waals surface area (Å²) in [5, 5.41) is 14.4. The summed E-state index contributed by atoms with van der Waals surface area (Å²) in [6.07, 6.45) is -2.33. The molecule has 10 atom stereocenters. The zero-order chi connectivity index (χ0) is 38.5. The number of likely N-dealkylation sites (N-methyl/N-ethyl adjacent to an activating group) is 2. The van der Waals surface area contributed by atoms with Crippen molar-refractivity contribution in [2.75, 3.05) is 72.8 Å². The number of urea groups is 1. The van der Waals surface area contributed by atoms with Crippen LogP contribution in [0.15, 0.2) is 30.3 Å². The quantitative estimate of drug-likeness (QED) is 0.315. The number of aliphatic hydroxyl groups excluding tert-OH is 1. The number of cyclic esters (lactones) is 1. The molecule has 3 aliphatic heterocycles. The molecule has 3 heterocycles. The van der Waals surface area contributed by atoms with E-state index in [0.717, 1.165) is 5.69 Å². The van der Waals surface area contributed by atoms with E-state index in [4.69, 9.17) is 18.9 Å². The molecule has 2 N–H and O–H groups in total. The molecule has 13 nitrogen and oxygen atoms in total. The zero-order valence-corrected chi connectivity index (χ0v) is 33.3. The van der Waals surface area contributed by atoms with Gasteiger partial charge in [0, 0.05) is 64.0 Å². The number of ketones is 1. The Morgan fingerprint density at radius 1 is 1.04 bits per heavy atom. The molecule has 3 saturated heterocycles. The summed E-state index contributed by atoms with van der Waals surface area (Å²) >= 11 is 0. The molecule has 13 heteroatoms. The van der Waals surface area contributed by atoms with Crippen molar-refractivity contribution >= 4 is 23.5 Å². The van der Waals surface area contributed by atoms with Crippen molar-refractivity contribution in [3.63, 3.8) is 0 Å². The number of benzene rings is 1. The first kappa shape index (κ1) is 42.1. The Morgan fingerprint density at radius 2 is 1.67 bits per heavy atom. The molecule has 4 rings (SSSR count). The second-order valence-corrected chi connectivity index (χ2v) is 16.4. The summed E-state index contributed by atoms with van der Waals surface area (Å²) in [5.41, 5.74) is -1.70. The fourth-order valence-electron chi connectivity index (χ4n) is 8.26. The highest BCUT2D eigenvalue weighted by Gasteiger charge is 2.52. The van der Waals surface area contributed by atoms with E-state index in [1.165, 1.54) is 0 Å². The standard InChI is InChI=1S/C39H65N5O8/c1-25-22-39(7,49-11)34(52-35-32(45)30(41(8)9)21-26(2)50-35)27(3)33(46)38(5,6)36(47)51-28(4)31(42(10)23-25)24-43-17-19-44(20-18-43)37(48)40-29-15-13-12-14-16-29/h12-16,25-28,30-32,34-35,45H,17-24H2,1-11H3,(H,40,48)/t25-,26-,27+,28+,30+,31+,32-,34-,35+,39-/m1/s1. The van der Waals surface area contributed by atoms with E-state index in [0.29, 0.717) is 52.1 Å². The minimum absolute atomic E-state index is 0.0756. The Balaban J connectivity index is 1.55. The van der Waals surface area contributed by atoms with E-state index >= 15 is 0 Å². The van der Waals surface area contributed by atoms with Crippen LogP contribution in [0.1, 0.15) is 61.3 Å². The van der Waals surface area contributed by atoms with Crippen molar-refractivity contribution in [3.05, 3.63) is 30.3 Å². The maximum Gasteiger partial charge on any atom is 0.321 e. The van der Waals surface area contributed by atoms with Crippen LogP contribution in [-0.4, -0.2) is 158 Å². The van der Waals surface area contributed by atoms with Gasteiger partial charge in [-0.3, -0.25) is 19.4 Å². The minimum atomic E-state index is -1.49. The maximum absolute atomic E-state index is 14.4. The highest BCUT2D eigenvalue weighted by Crippen LogP contribution is 2.38. The van der Waals surface area contributed by atoms with Crippen LogP contribution >= 0.6 is 0 Å². The lowest BCUT2D eigenvalue weighted by atomic mass is 9.74. The fraction of sp³-hybridized carbons (Fsp3) is 0.769. The summed E-state index contributed by atoms with van der Waals surface area (Å²) < 4.78 is 25.3. The predicted molar refractivity (Wildman–Crippen MR) is 200 cm³/mol. The van der Waals surface area contributed by atoms with Crippen molar-refractivity contribution in [2.45, 2.75) is 110 Å². The van der Waals surface area contributed by atoms with Crippen LogP contribution < -0.4 is 5.32 Å². The number of anilines is 1. The lowest BCUT2D eigenvalue weighted by Gasteiger charge is -2.47. The molecule has 0 aromatic heterocycles. The summed E-state index contributed by atoms with van der Waals surface area (Å²) in [7, 11) is 7.50. The molecule has 52 heavy (non-hydrogen) atoms. The molecule has 0 radical (unpaired) electrons. The van der Waals surface area contributed by atoms with Crippen LogP contribution in [0.25, 0.3) is 0 Å². The van der Waals surface area contributed by atoms with E-state index in [9.17, 15) is 19.5 Å². The molecular weight excluding hydrogens is 666 g/mol. The molecule has 0 bridgehead atoms. The van der Waals surface area contributed by atoms with Gasteiger partial charge in [-0.2, -0.15) is 0 Å². The first-order chi connectivity index (χ1) is 24.4. The highest BCUT2D eigenvalue weighted by molar-refractivity contribution is 6.04. The molecule has 294 valence electrons. The fourth-order valence-corrected chi connectivity index (χ4v) is 8.26. The molecule has 2 amide bonds. The Hall–Kier alpha value is -2.65. The number of rotatable bonds is 7. The number of amides is 2. The van der Waals surface area contributed by atoms with Crippen LogP contribution in [0.4, 0.5) is 10.5 Å². The Bertz CT molecular complexity index is 1340. The number of para-hydroxylation sites is 1. The van der Waals surface area contributed by atoms with Crippen molar-refractivity contribution in [1.82, 2.24) is 19.6 Å². The number of methoxy groups -OCH3 is 1. The minimum Gasteiger partial charge on any atom is -0.460 e. The zero-order valence-electron chi connectivity index (χ0n) is 33.3. The number of hydrogen-bond acceptors (Lipinski definition) is 11. The van der Waals surface area contributed by atoms with Gasteiger partial charge in [0.25, 0.3) is 0 Å².